The second-order valence-electron chi connectivity index (χ2n) is 9.79. The van der Waals surface area contributed by atoms with E-state index in [9.17, 15) is 22.8 Å². The highest BCUT2D eigenvalue weighted by Gasteiger charge is 2.39. The van der Waals surface area contributed by atoms with E-state index in [2.05, 4.69) is 4.98 Å². The van der Waals surface area contributed by atoms with Gasteiger partial charge in [0, 0.05) is 37.7 Å². The number of morpholine rings is 1. The fraction of sp³-hybridized carbons (Fsp3) is 0.300. The van der Waals surface area contributed by atoms with Crippen molar-refractivity contribution in [3.63, 3.8) is 0 Å². The van der Waals surface area contributed by atoms with Crippen molar-refractivity contribution in [1.82, 2.24) is 9.88 Å². The van der Waals surface area contributed by atoms with Crippen molar-refractivity contribution in [1.29, 1.82) is 0 Å². The van der Waals surface area contributed by atoms with Crippen LogP contribution in [0.25, 0.3) is 17.2 Å². The molecule has 2 aliphatic heterocycles. The number of benzene rings is 2. The Labute approximate surface area is 229 Å². The van der Waals surface area contributed by atoms with Crippen molar-refractivity contribution in [2.45, 2.75) is 31.5 Å². The fourth-order valence-electron chi connectivity index (χ4n) is 4.82. The van der Waals surface area contributed by atoms with Gasteiger partial charge in [0.25, 0.3) is 5.91 Å². The zero-order chi connectivity index (χ0) is 28.3. The Morgan fingerprint density at radius 2 is 1.80 bits per heavy atom. The summed E-state index contributed by atoms with van der Waals surface area (Å²) in [4.78, 5) is 30.7. The molecule has 3 heterocycles. The highest BCUT2D eigenvalue weighted by molar-refractivity contribution is 5.95. The Morgan fingerprint density at radius 1 is 1.05 bits per heavy atom. The second-order valence-corrected chi connectivity index (χ2v) is 9.79. The second kappa shape index (κ2) is 11.5. The number of hydrogen-bond donors (Lipinski definition) is 1. The van der Waals surface area contributed by atoms with Gasteiger partial charge in [-0.15, -0.1) is 0 Å². The molecule has 0 saturated carbocycles. The maximum absolute atomic E-state index is 14.0. The summed E-state index contributed by atoms with van der Waals surface area (Å²) in [5.74, 6) is -0.111. The largest absolute Gasteiger partial charge is 0.489 e. The van der Waals surface area contributed by atoms with Gasteiger partial charge in [-0.25, -0.2) is 4.98 Å². The zero-order valence-electron chi connectivity index (χ0n) is 21.6. The number of allylic oxidation sites excluding steroid dienone is 1. The third-order valence-electron chi connectivity index (χ3n) is 6.95. The maximum Gasteiger partial charge on any atom is 0.419 e. The number of carbonyl (C=O) groups excluding carboxylic acids is 2. The minimum absolute atomic E-state index is 0.129. The zero-order valence-corrected chi connectivity index (χ0v) is 21.6. The Balaban J connectivity index is 1.28. The van der Waals surface area contributed by atoms with Crippen molar-refractivity contribution in [3.05, 3.63) is 83.1 Å². The molecule has 0 bridgehead atoms. The number of halogens is 3. The molecule has 1 fully saturated rings. The summed E-state index contributed by atoms with van der Waals surface area (Å²) < 4.78 is 53.1. The lowest BCUT2D eigenvalue weighted by Crippen LogP contribution is -2.40. The molecule has 7 nitrogen and oxygen atoms in total. The summed E-state index contributed by atoms with van der Waals surface area (Å²) in [6, 6.07) is 12.7. The number of amides is 1. The lowest BCUT2D eigenvalue weighted by Gasteiger charge is -2.26. The van der Waals surface area contributed by atoms with Crippen LogP contribution in [0, 0.1) is 0 Å². The van der Waals surface area contributed by atoms with Crippen molar-refractivity contribution < 1.29 is 32.2 Å². The number of anilines is 1. The van der Waals surface area contributed by atoms with Gasteiger partial charge in [0.1, 0.15) is 17.7 Å². The Kier molecular flexibility index (Phi) is 7.88. The molecular weight excluding hydrogens is 523 g/mol. The third kappa shape index (κ3) is 6.34. The molecule has 2 aliphatic rings. The van der Waals surface area contributed by atoms with Crippen molar-refractivity contribution >= 4 is 23.6 Å². The van der Waals surface area contributed by atoms with E-state index in [0.29, 0.717) is 59.9 Å². The number of fused-ring (bicyclic) bond motifs is 1. The van der Waals surface area contributed by atoms with Crippen molar-refractivity contribution in [2.24, 2.45) is 0 Å². The molecule has 0 radical (unpaired) electrons. The Morgan fingerprint density at radius 3 is 2.48 bits per heavy atom. The summed E-state index contributed by atoms with van der Waals surface area (Å²) in [7, 11) is 0. The highest BCUT2D eigenvalue weighted by Crippen LogP contribution is 2.45. The molecule has 1 saturated heterocycles. The normalized spacial score (nSPS) is 17.1. The van der Waals surface area contributed by atoms with Gasteiger partial charge >= 0.3 is 6.18 Å². The Bertz CT molecular complexity index is 1410. The number of nitrogen functional groups attached to an aromatic ring is 1. The Hall–Kier alpha value is -4.18. The van der Waals surface area contributed by atoms with Crippen LogP contribution < -0.4 is 10.5 Å². The van der Waals surface area contributed by atoms with Gasteiger partial charge in [-0.2, -0.15) is 13.2 Å². The monoisotopic (exact) mass is 551 g/mol. The minimum atomic E-state index is -4.62. The van der Waals surface area contributed by atoms with E-state index in [-0.39, 0.29) is 36.7 Å². The molecule has 1 unspecified atom stereocenters. The lowest BCUT2D eigenvalue weighted by molar-refractivity contribution is -0.139. The van der Waals surface area contributed by atoms with Gasteiger partial charge in [-0.1, -0.05) is 12.1 Å². The predicted octanol–water partition coefficient (Wildman–Crippen LogP) is 5.19. The summed E-state index contributed by atoms with van der Waals surface area (Å²) in [5, 5.41) is 0. The number of carbonyl (C=O) groups is 2. The van der Waals surface area contributed by atoms with Crippen LogP contribution >= 0.6 is 0 Å². The summed E-state index contributed by atoms with van der Waals surface area (Å²) in [6.07, 6.45) is 0.0883. The fourth-order valence-corrected chi connectivity index (χ4v) is 4.82. The van der Waals surface area contributed by atoms with E-state index in [1.54, 1.807) is 59.6 Å². The molecule has 0 spiro atoms. The van der Waals surface area contributed by atoms with Crippen LogP contribution in [0.3, 0.4) is 0 Å². The average Bonchev–Trinajstić information content (AvgIpc) is 3.38. The number of hydrogen-bond acceptors (Lipinski definition) is 6. The first-order valence-corrected chi connectivity index (χ1v) is 13.0. The maximum atomic E-state index is 14.0. The van der Waals surface area contributed by atoms with E-state index in [0.717, 1.165) is 6.07 Å². The molecule has 3 aromatic rings. The van der Waals surface area contributed by atoms with E-state index in [1.807, 2.05) is 0 Å². The van der Waals surface area contributed by atoms with Gasteiger partial charge in [-0.05, 0) is 77.2 Å². The van der Waals surface area contributed by atoms with Crippen molar-refractivity contribution in [2.75, 3.05) is 32.0 Å². The molecule has 2 aromatic carbocycles. The predicted molar refractivity (Wildman–Crippen MR) is 144 cm³/mol. The molecule has 1 amide bonds. The molecule has 40 heavy (non-hydrogen) atoms. The van der Waals surface area contributed by atoms with E-state index in [4.69, 9.17) is 15.2 Å². The van der Waals surface area contributed by atoms with Crippen LogP contribution in [-0.2, 0) is 22.1 Å². The van der Waals surface area contributed by atoms with Gasteiger partial charge in [0.15, 0.2) is 5.78 Å². The van der Waals surface area contributed by atoms with Gasteiger partial charge in [0.05, 0.1) is 18.8 Å². The smallest absolute Gasteiger partial charge is 0.419 e. The molecule has 208 valence electrons. The number of nitrogens with zero attached hydrogens (tertiary/aromatic N) is 2. The number of ketones is 1. The van der Waals surface area contributed by atoms with Gasteiger partial charge < -0.3 is 20.1 Å². The molecule has 1 aromatic heterocycles. The van der Waals surface area contributed by atoms with E-state index < -0.39 is 17.8 Å². The standard InChI is InChI=1S/C30H28F3N3O4/c31-30(32,33)26-17-22(20-3-5-21(6-4-20)29(38)36-11-13-39-14-12-36)15-23-16-25(40-28(23)26)9-8-24(37)7-1-19-2-10-27(34)35-18-19/h1-7,10,15,17-18,25H,8-9,11-14,16H2,(H2,34,35)/b7-1+. The molecule has 10 heteroatoms. The molecule has 1 atom stereocenters. The van der Waals surface area contributed by atoms with Crippen LogP contribution in [0.15, 0.2) is 60.8 Å². The van der Waals surface area contributed by atoms with E-state index >= 15 is 0 Å². The number of aromatic nitrogens is 1. The van der Waals surface area contributed by atoms with Crippen LogP contribution in [-0.4, -0.2) is 54.0 Å². The molecule has 0 aliphatic carbocycles. The first-order valence-electron chi connectivity index (χ1n) is 13.0. The number of ether oxygens (including phenoxy) is 2. The summed E-state index contributed by atoms with van der Waals surface area (Å²) in [6.45, 7) is 1.97. The first kappa shape index (κ1) is 27.4. The highest BCUT2D eigenvalue weighted by atomic mass is 19.4. The lowest BCUT2D eigenvalue weighted by atomic mass is 9.96. The third-order valence-corrected chi connectivity index (χ3v) is 6.95. The average molecular weight is 552 g/mol. The molecule has 5 rings (SSSR count). The summed E-state index contributed by atoms with van der Waals surface area (Å²) in [5.41, 5.74) is 7.28. The quantitative estimate of drug-likeness (QED) is 0.407. The van der Waals surface area contributed by atoms with Gasteiger partial charge in [-0.3, -0.25) is 9.59 Å². The SMILES string of the molecule is Nc1ccc(/C=C/C(=O)CCC2Cc3cc(-c4ccc(C(=O)N5CCOCC5)cc4)cc(C(F)(F)F)c3O2)cn1. The summed E-state index contributed by atoms with van der Waals surface area (Å²) >= 11 is 0. The molecule has 2 N–H and O–H groups in total. The van der Waals surface area contributed by atoms with Crippen LogP contribution in [0.5, 0.6) is 5.75 Å². The molecular formula is C30H28F3N3O4. The van der Waals surface area contributed by atoms with E-state index in [1.165, 1.54) is 6.08 Å². The minimum Gasteiger partial charge on any atom is -0.489 e. The number of pyridine rings is 1. The topological polar surface area (TPSA) is 94.8 Å². The van der Waals surface area contributed by atoms with Gasteiger partial charge in [0.2, 0.25) is 0 Å². The van der Waals surface area contributed by atoms with Crippen molar-refractivity contribution in [3.8, 4) is 16.9 Å². The van der Waals surface area contributed by atoms with Crippen LogP contribution in [0.2, 0.25) is 0 Å². The number of alkyl halides is 3. The first-order chi connectivity index (χ1) is 19.2. The number of nitrogens with two attached hydrogens (primary N) is 1. The van der Waals surface area contributed by atoms with Crippen LogP contribution in [0.1, 0.15) is 39.9 Å². The number of rotatable bonds is 7. The van der Waals surface area contributed by atoms with Crippen LogP contribution in [0.4, 0.5) is 19.0 Å².